The Hall–Kier alpha value is -2.25. The predicted molar refractivity (Wildman–Crippen MR) is 88.4 cm³/mol. The van der Waals surface area contributed by atoms with Gasteiger partial charge in [0.05, 0.1) is 12.8 Å². The number of tetrazole rings is 1. The van der Waals surface area contributed by atoms with E-state index in [1.54, 1.807) is 42.1 Å². The summed E-state index contributed by atoms with van der Waals surface area (Å²) in [4.78, 5) is 0. The van der Waals surface area contributed by atoms with E-state index < -0.39 is 0 Å². The van der Waals surface area contributed by atoms with Crippen LogP contribution in [0, 0.1) is 0 Å². The zero-order chi connectivity index (χ0) is 16.2. The monoisotopic (exact) mass is 348 g/mol. The fraction of sp³-hybridized carbons (Fsp3) is 0.133. The van der Waals surface area contributed by atoms with Crippen LogP contribution in [-0.4, -0.2) is 32.4 Å². The number of phenolic OH excluding ortho intramolecular Hbond substituents is 1. The number of hydrogen-bond acceptors (Lipinski definition) is 6. The Morgan fingerprint density at radius 2 is 2.00 bits per heavy atom. The van der Waals surface area contributed by atoms with E-state index in [2.05, 4.69) is 15.5 Å². The Balaban J connectivity index is 1.81. The van der Waals surface area contributed by atoms with Crippen LogP contribution in [0.2, 0.25) is 5.02 Å². The molecule has 23 heavy (non-hydrogen) atoms. The number of halogens is 1. The molecule has 0 bridgehead atoms. The molecule has 0 saturated carbocycles. The summed E-state index contributed by atoms with van der Waals surface area (Å²) >= 11 is 7.51. The Kier molecular flexibility index (Phi) is 4.68. The Labute approximate surface area is 142 Å². The van der Waals surface area contributed by atoms with Crippen molar-refractivity contribution in [3.8, 4) is 17.2 Å². The Morgan fingerprint density at radius 3 is 2.74 bits per heavy atom. The van der Waals surface area contributed by atoms with Gasteiger partial charge in [0, 0.05) is 16.3 Å². The molecule has 0 atom stereocenters. The number of thioether (sulfide) groups is 1. The van der Waals surface area contributed by atoms with Gasteiger partial charge in [-0.1, -0.05) is 23.4 Å². The molecule has 0 radical (unpaired) electrons. The maximum Gasteiger partial charge on any atom is 0.214 e. The Morgan fingerprint density at radius 1 is 1.22 bits per heavy atom. The first-order valence-corrected chi connectivity index (χ1v) is 8.07. The minimum absolute atomic E-state index is 0.194. The zero-order valence-electron chi connectivity index (χ0n) is 12.2. The minimum Gasteiger partial charge on any atom is -0.508 e. The lowest BCUT2D eigenvalue weighted by molar-refractivity contribution is 0.411. The summed E-state index contributed by atoms with van der Waals surface area (Å²) in [6.07, 6.45) is 0. The van der Waals surface area contributed by atoms with Crippen molar-refractivity contribution in [2.24, 2.45) is 0 Å². The van der Waals surface area contributed by atoms with Crippen LogP contribution in [0.25, 0.3) is 5.69 Å². The molecule has 1 N–H and O–H groups in total. The van der Waals surface area contributed by atoms with Gasteiger partial charge in [-0.25, -0.2) is 0 Å². The summed E-state index contributed by atoms with van der Waals surface area (Å²) in [7, 11) is 1.62. The Bertz CT molecular complexity index is 807. The molecular weight excluding hydrogens is 336 g/mol. The van der Waals surface area contributed by atoms with Crippen molar-refractivity contribution in [1.82, 2.24) is 20.2 Å². The van der Waals surface area contributed by atoms with Crippen molar-refractivity contribution in [2.75, 3.05) is 7.11 Å². The van der Waals surface area contributed by atoms with Gasteiger partial charge in [-0.3, -0.25) is 0 Å². The van der Waals surface area contributed by atoms with Gasteiger partial charge in [-0.15, -0.1) is 5.10 Å². The highest BCUT2D eigenvalue weighted by molar-refractivity contribution is 7.98. The minimum atomic E-state index is 0.194. The van der Waals surface area contributed by atoms with Crippen LogP contribution >= 0.6 is 23.4 Å². The van der Waals surface area contributed by atoms with Crippen molar-refractivity contribution in [2.45, 2.75) is 10.9 Å². The van der Waals surface area contributed by atoms with Gasteiger partial charge in [0.2, 0.25) is 5.16 Å². The van der Waals surface area contributed by atoms with E-state index in [0.29, 0.717) is 15.9 Å². The molecule has 6 nitrogen and oxygen atoms in total. The summed E-state index contributed by atoms with van der Waals surface area (Å²) in [6.45, 7) is 0. The van der Waals surface area contributed by atoms with E-state index in [4.69, 9.17) is 16.3 Å². The maximum atomic E-state index is 9.37. The maximum absolute atomic E-state index is 9.37. The van der Waals surface area contributed by atoms with Crippen molar-refractivity contribution < 1.29 is 9.84 Å². The molecular formula is C15H13ClN4O2S. The molecule has 0 aliphatic carbocycles. The molecule has 0 aliphatic rings. The van der Waals surface area contributed by atoms with E-state index in [-0.39, 0.29) is 5.75 Å². The van der Waals surface area contributed by atoms with Gasteiger partial charge < -0.3 is 9.84 Å². The molecule has 3 rings (SSSR count). The number of phenols is 1. The number of benzene rings is 2. The summed E-state index contributed by atoms with van der Waals surface area (Å²) in [6, 6.07) is 12.2. The van der Waals surface area contributed by atoms with Crippen molar-refractivity contribution in [3.05, 3.63) is 53.1 Å². The van der Waals surface area contributed by atoms with Crippen LogP contribution < -0.4 is 4.74 Å². The summed E-state index contributed by atoms with van der Waals surface area (Å²) in [5.74, 6) is 1.58. The number of ether oxygens (including phenoxy) is 1. The van der Waals surface area contributed by atoms with E-state index in [9.17, 15) is 5.11 Å². The van der Waals surface area contributed by atoms with Crippen LogP contribution in [0.3, 0.4) is 0 Å². The first-order valence-electron chi connectivity index (χ1n) is 6.70. The predicted octanol–water partition coefficient (Wildman–Crippen LogP) is 3.32. The number of hydrogen-bond donors (Lipinski definition) is 1. The standard InChI is InChI=1S/C15H13ClN4O2S/c1-22-14-7-2-11(16)8-10(14)9-23-15-17-18-19-20(15)12-3-5-13(21)6-4-12/h2-8,21H,9H2,1H3. The molecule has 0 spiro atoms. The van der Waals surface area contributed by atoms with Crippen molar-refractivity contribution in [1.29, 1.82) is 0 Å². The molecule has 1 aromatic heterocycles. The number of rotatable bonds is 5. The summed E-state index contributed by atoms with van der Waals surface area (Å²) < 4.78 is 6.95. The van der Waals surface area contributed by atoms with E-state index in [1.807, 2.05) is 12.1 Å². The smallest absolute Gasteiger partial charge is 0.214 e. The van der Waals surface area contributed by atoms with Crippen LogP contribution in [0.15, 0.2) is 47.6 Å². The number of aromatic nitrogens is 4. The van der Waals surface area contributed by atoms with Crippen LogP contribution in [-0.2, 0) is 5.75 Å². The van der Waals surface area contributed by atoms with Crippen molar-refractivity contribution in [3.63, 3.8) is 0 Å². The van der Waals surface area contributed by atoms with Crippen LogP contribution in [0.4, 0.5) is 0 Å². The fourth-order valence-corrected chi connectivity index (χ4v) is 3.09. The van der Waals surface area contributed by atoms with Gasteiger partial charge >= 0.3 is 0 Å². The third-order valence-corrected chi connectivity index (χ3v) is 4.34. The van der Waals surface area contributed by atoms with Gasteiger partial charge in [-0.2, -0.15) is 4.68 Å². The lowest BCUT2D eigenvalue weighted by atomic mass is 10.2. The highest BCUT2D eigenvalue weighted by Crippen LogP contribution is 2.29. The second kappa shape index (κ2) is 6.89. The second-order valence-corrected chi connectivity index (χ2v) is 6.01. The SMILES string of the molecule is COc1ccc(Cl)cc1CSc1nnnn1-c1ccc(O)cc1. The van der Waals surface area contributed by atoms with E-state index in [1.165, 1.54) is 11.8 Å². The normalized spacial score (nSPS) is 10.7. The van der Waals surface area contributed by atoms with Crippen molar-refractivity contribution >= 4 is 23.4 Å². The molecule has 0 fully saturated rings. The topological polar surface area (TPSA) is 73.1 Å². The molecule has 0 saturated heterocycles. The van der Waals surface area contributed by atoms with Gasteiger partial charge in [0.1, 0.15) is 11.5 Å². The second-order valence-electron chi connectivity index (χ2n) is 4.63. The molecule has 118 valence electrons. The lowest BCUT2D eigenvalue weighted by Gasteiger charge is -2.08. The summed E-state index contributed by atoms with van der Waals surface area (Å²) in [5, 5.41) is 22.4. The molecule has 0 unspecified atom stereocenters. The molecule has 0 amide bonds. The van der Waals surface area contributed by atoms with Crippen LogP contribution in [0.1, 0.15) is 5.56 Å². The van der Waals surface area contributed by atoms with Gasteiger partial charge in [-0.05, 0) is 52.9 Å². The van der Waals surface area contributed by atoms with E-state index in [0.717, 1.165) is 17.0 Å². The van der Waals surface area contributed by atoms with E-state index >= 15 is 0 Å². The third kappa shape index (κ3) is 3.57. The molecule has 3 aromatic rings. The number of nitrogens with zero attached hydrogens (tertiary/aromatic N) is 4. The highest BCUT2D eigenvalue weighted by Gasteiger charge is 2.11. The number of aromatic hydroxyl groups is 1. The largest absolute Gasteiger partial charge is 0.508 e. The molecule has 1 heterocycles. The average Bonchev–Trinajstić information content (AvgIpc) is 3.02. The molecule has 2 aromatic carbocycles. The zero-order valence-corrected chi connectivity index (χ0v) is 13.8. The molecule has 8 heteroatoms. The van der Waals surface area contributed by atoms with Gasteiger partial charge in [0.15, 0.2) is 0 Å². The first kappa shape index (κ1) is 15.6. The van der Waals surface area contributed by atoms with Gasteiger partial charge in [0.25, 0.3) is 0 Å². The third-order valence-electron chi connectivity index (χ3n) is 3.13. The summed E-state index contributed by atoms with van der Waals surface area (Å²) in [5.41, 5.74) is 1.73. The first-order chi connectivity index (χ1) is 11.2. The highest BCUT2D eigenvalue weighted by atomic mass is 35.5. The lowest BCUT2D eigenvalue weighted by Crippen LogP contribution is -1.99. The average molecular weight is 349 g/mol. The number of methoxy groups -OCH3 is 1. The quantitative estimate of drug-likeness (QED) is 0.713. The fourth-order valence-electron chi connectivity index (χ4n) is 2.03. The molecule has 0 aliphatic heterocycles. The van der Waals surface area contributed by atoms with Crippen LogP contribution in [0.5, 0.6) is 11.5 Å².